The van der Waals surface area contributed by atoms with Crippen molar-refractivity contribution in [1.82, 2.24) is 0 Å². The second kappa shape index (κ2) is 3.59. The zero-order valence-corrected chi connectivity index (χ0v) is 8.54. The van der Waals surface area contributed by atoms with E-state index in [1.165, 1.54) is 50.7 Å². The number of hydrogen-bond acceptors (Lipinski definition) is 2. The van der Waals surface area contributed by atoms with Crippen LogP contribution >= 0.6 is 11.8 Å². The number of thioether (sulfide) groups is 1. The lowest BCUT2D eigenvalue weighted by Crippen LogP contribution is -2.49. The van der Waals surface area contributed by atoms with Crippen LogP contribution in [0.15, 0.2) is 0 Å². The predicted octanol–water partition coefficient (Wildman–Crippen LogP) is 2.54. The molecule has 1 heterocycles. The van der Waals surface area contributed by atoms with E-state index >= 15 is 0 Å². The molecule has 2 heteroatoms. The van der Waals surface area contributed by atoms with E-state index in [9.17, 15) is 0 Å². The van der Waals surface area contributed by atoms with E-state index in [1.54, 1.807) is 0 Å². The van der Waals surface area contributed by atoms with Gasteiger partial charge in [0.05, 0.1) is 0 Å². The smallest absolute Gasteiger partial charge is 0.0274 e. The van der Waals surface area contributed by atoms with Crippen LogP contribution < -0.4 is 5.73 Å². The van der Waals surface area contributed by atoms with Gasteiger partial charge in [-0.1, -0.05) is 19.3 Å². The molecule has 70 valence electrons. The molecular formula is C10H19NS. The summed E-state index contributed by atoms with van der Waals surface area (Å²) in [5.41, 5.74) is 6.67. The summed E-state index contributed by atoms with van der Waals surface area (Å²) >= 11 is 2.12. The molecule has 2 rings (SSSR count). The number of hydrogen-bond donors (Lipinski definition) is 1. The van der Waals surface area contributed by atoms with E-state index in [-0.39, 0.29) is 5.54 Å². The molecule has 2 N–H and O–H groups in total. The summed E-state index contributed by atoms with van der Waals surface area (Å²) in [4.78, 5) is 0. The Labute approximate surface area is 79.5 Å². The van der Waals surface area contributed by atoms with Gasteiger partial charge in [-0.15, -0.1) is 0 Å². The minimum atomic E-state index is 0.222. The van der Waals surface area contributed by atoms with E-state index in [0.717, 1.165) is 5.25 Å². The van der Waals surface area contributed by atoms with Crippen LogP contribution in [0, 0.1) is 0 Å². The highest BCUT2D eigenvalue weighted by molar-refractivity contribution is 8.00. The Balaban J connectivity index is 1.97. The molecule has 0 amide bonds. The van der Waals surface area contributed by atoms with Crippen LogP contribution in [-0.2, 0) is 0 Å². The second-order valence-electron chi connectivity index (χ2n) is 4.30. The molecule has 2 aliphatic rings. The number of nitrogens with two attached hydrogens (primary N) is 1. The lowest BCUT2D eigenvalue weighted by atomic mass is 9.79. The lowest BCUT2D eigenvalue weighted by molar-refractivity contribution is 0.284. The van der Waals surface area contributed by atoms with Crippen LogP contribution in [0.3, 0.4) is 0 Å². The van der Waals surface area contributed by atoms with Crippen molar-refractivity contribution in [3.63, 3.8) is 0 Å². The summed E-state index contributed by atoms with van der Waals surface area (Å²) in [5.74, 6) is 1.35. The first-order chi connectivity index (χ1) is 5.81. The number of rotatable bonds is 1. The third-order valence-corrected chi connectivity index (χ3v) is 4.99. The SMILES string of the molecule is NC1(C2CCCS2)CCCCC1. The van der Waals surface area contributed by atoms with Gasteiger partial charge in [0.15, 0.2) is 0 Å². The quantitative estimate of drug-likeness (QED) is 0.679. The van der Waals surface area contributed by atoms with Crippen molar-refractivity contribution < 1.29 is 0 Å². The summed E-state index contributed by atoms with van der Waals surface area (Å²) in [5, 5.41) is 0.790. The molecule has 1 unspecified atom stereocenters. The summed E-state index contributed by atoms with van der Waals surface area (Å²) < 4.78 is 0. The average molecular weight is 185 g/mol. The van der Waals surface area contributed by atoms with Crippen LogP contribution in [0.1, 0.15) is 44.9 Å². The maximum Gasteiger partial charge on any atom is 0.0274 e. The second-order valence-corrected chi connectivity index (χ2v) is 5.61. The normalized spacial score (nSPS) is 35.2. The molecule has 12 heavy (non-hydrogen) atoms. The molecule has 1 nitrogen and oxygen atoms in total. The predicted molar refractivity (Wildman–Crippen MR) is 55.5 cm³/mol. The third kappa shape index (κ3) is 1.64. The van der Waals surface area contributed by atoms with Crippen molar-refractivity contribution in [3.8, 4) is 0 Å². The zero-order chi connectivity index (χ0) is 8.44. The van der Waals surface area contributed by atoms with Crippen molar-refractivity contribution in [3.05, 3.63) is 0 Å². The van der Waals surface area contributed by atoms with Gasteiger partial charge in [0.2, 0.25) is 0 Å². The standard InChI is InChI=1S/C10H19NS/c11-10(6-2-1-3-7-10)9-5-4-8-12-9/h9H,1-8,11H2. The fourth-order valence-corrected chi connectivity index (χ4v) is 4.08. The summed E-state index contributed by atoms with van der Waals surface area (Å²) in [7, 11) is 0. The highest BCUT2D eigenvalue weighted by Gasteiger charge is 2.37. The maximum atomic E-state index is 6.44. The Hall–Kier alpha value is 0.310. The fourth-order valence-electron chi connectivity index (χ4n) is 2.56. The molecule has 1 saturated carbocycles. The van der Waals surface area contributed by atoms with Crippen LogP contribution in [0.4, 0.5) is 0 Å². The van der Waals surface area contributed by atoms with Gasteiger partial charge in [0.1, 0.15) is 0 Å². The first kappa shape index (κ1) is 8.89. The Morgan fingerprint density at radius 2 is 1.83 bits per heavy atom. The van der Waals surface area contributed by atoms with Gasteiger partial charge in [0.25, 0.3) is 0 Å². The van der Waals surface area contributed by atoms with Crippen molar-refractivity contribution in [2.75, 3.05) is 5.75 Å². The molecule has 0 aromatic heterocycles. The van der Waals surface area contributed by atoms with Gasteiger partial charge >= 0.3 is 0 Å². The Morgan fingerprint density at radius 1 is 1.08 bits per heavy atom. The van der Waals surface area contributed by atoms with E-state index in [1.807, 2.05) is 0 Å². The van der Waals surface area contributed by atoms with Crippen LogP contribution in [0.2, 0.25) is 0 Å². The van der Waals surface area contributed by atoms with Crippen LogP contribution in [0.25, 0.3) is 0 Å². The fraction of sp³-hybridized carbons (Fsp3) is 1.00. The van der Waals surface area contributed by atoms with Crippen molar-refractivity contribution >= 4 is 11.8 Å². The molecule has 1 saturated heterocycles. The van der Waals surface area contributed by atoms with Gasteiger partial charge in [-0.25, -0.2) is 0 Å². The Bertz CT molecular complexity index is 146. The van der Waals surface area contributed by atoms with Crippen LogP contribution in [0.5, 0.6) is 0 Å². The minimum Gasteiger partial charge on any atom is -0.324 e. The molecule has 0 bridgehead atoms. The maximum absolute atomic E-state index is 6.44. The van der Waals surface area contributed by atoms with Gasteiger partial charge in [-0.2, -0.15) is 11.8 Å². The highest BCUT2D eigenvalue weighted by Crippen LogP contribution is 2.40. The topological polar surface area (TPSA) is 26.0 Å². The lowest BCUT2D eigenvalue weighted by Gasteiger charge is -2.38. The van der Waals surface area contributed by atoms with E-state index in [4.69, 9.17) is 5.73 Å². The first-order valence-electron chi connectivity index (χ1n) is 5.22. The molecule has 1 atom stereocenters. The minimum absolute atomic E-state index is 0.222. The molecule has 0 aromatic rings. The van der Waals surface area contributed by atoms with Crippen molar-refractivity contribution in [2.24, 2.45) is 5.73 Å². The van der Waals surface area contributed by atoms with E-state index in [2.05, 4.69) is 11.8 Å². The van der Waals surface area contributed by atoms with Gasteiger partial charge in [0, 0.05) is 10.8 Å². The Morgan fingerprint density at radius 3 is 2.42 bits per heavy atom. The van der Waals surface area contributed by atoms with E-state index in [0.29, 0.717) is 0 Å². The zero-order valence-electron chi connectivity index (χ0n) is 7.72. The summed E-state index contributed by atoms with van der Waals surface area (Å²) in [6, 6.07) is 0. The Kier molecular flexibility index (Phi) is 2.66. The van der Waals surface area contributed by atoms with Crippen molar-refractivity contribution in [2.45, 2.75) is 55.7 Å². The van der Waals surface area contributed by atoms with Gasteiger partial charge in [-0.05, 0) is 31.4 Å². The van der Waals surface area contributed by atoms with Gasteiger partial charge < -0.3 is 5.73 Å². The van der Waals surface area contributed by atoms with Crippen molar-refractivity contribution in [1.29, 1.82) is 0 Å². The molecule has 1 aliphatic heterocycles. The average Bonchev–Trinajstić information content (AvgIpc) is 2.58. The third-order valence-electron chi connectivity index (χ3n) is 3.36. The van der Waals surface area contributed by atoms with E-state index < -0.39 is 0 Å². The molecule has 1 aliphatic carbocycles. The summed E-state index contributed by atoms with van der Waals surface area (Å²) in [6.07, 6.45) is 9.49. The summed E-state index contributed by atoms with van der Waals surface area (Å²) in [6.45, 7) is 0. The molecule has 0 aromatic carbocycles. The largest absolute Gasteiger partial charge is 0.324 e. The van der Waals surface area contributed by atoms with Crippen LogP contribution in [-0.4, -0.2) is 16.5 Å². The van der Waals surface area contributed by atoms with Gasteiger partial charge in [-0.3, -0.25) is 0 Å². The molecule has 0 radical (unpaired) electrons. The monoisotopic (exact) mass is 185 g/mol. The highest BCUT2D eigenvalue weighted by atomic mass is 32.2. The molecule has 2 fully saturated rings. The molecular weight excluding hydrogens is 166 g/mol. The first-order valence-corrected chi connectivity index (χ1v) is 6.27. The molecule has 0 spiro atoms.